The number of rotatable bonds is 2. The normalized spacial score (nSPS) is 9.77. The molecule has 2 nitrogen and oxygen atoms in total. The van der Waals surface area contributed by atoms with E-state index in [9.17, 15) is 0 Å². The van der Waals surface area contributed by atoms with Crippen LogP contribution in [0.1, 0.15) is 18.9 Å². The number of para-hydroxylation sites is 1. The second-order valence-corrected chi connectivity index (χ2v) is 3.15. The van der Waals surface area contributed by atoms with Crippen molar-refractivity contribution >= 4 is 11.5 Å². The minimum atomic E-state index is 0.648. The van der Waals surface area contributed by atoms with E-state index in [2.05, 4.69) is 13.0 Å². The first-order chi connectivity index (χ1) is 6.16. The summed E-state index contributed by atoms with van der Waals surface area (Å²) in [7, 11) is 1.94. The van der Waals surface area contributed by atoms with E-state index in [1.165, 1.54) is 5.56 Å². The number of aryl methyl sites for hydroxylation is 1. The molecule has 0 aliphatic heterocycles. The van der Waals surface area contributed by atoms with Crippen LogP contribution in [0.5, 0.6) is 0 Å². The van der Waals surface area contributed by atoms with Crippen molar-refractivity contribution in [2.24, 2.45) is 0 Å². The summed E-state index contributed by atoms with van der Waals surface area (Å²) >= 11 is 0. The molecule has 1 rings (SSSR count). The topological polar surface area (TPSA) is 27.1 Å². The molecule has 0 aromatic heterocycles. The third-order valence-corrected chi connectivity index (χ3v) is 2.22. The first-order valence-electron chi connectivity index (χ1n) is 4.53. The van der Waals surface area contributed by atoms with Gasteiger partial charge in [-0.1, -0.05) is 25.1 Å². The van der Waals surface area contributed by atoms with Crippen molar-refractivity contribution in [3.63, 3.8) is 0 Å². The van der Waals surface area contributed by atoms with Crippen LogP contribution in [0.2, 0.25) is 0 Å². The van der Waals surface area contributed by atoms with Gasteiger partial charge in [0.05, 0.1) is 5.84 Å². The Bertz CT molecular complexity index is 305. The fourth-order valence-corrected chi connectivity index (χ4v) is 1.32. The Balaban J connectivity index is 2.95. The Kier molecular flexibility index (Phi) is 3.07. The number of hydrogen-bond acceptors (Lipinski definition) is 1. The third-order valence-electron chi connectivity index (χ3n) is 2.22. The third kappa shape index (κ3) is 2.08. The molecule has 0 aliphatic rings. The molecule has 0 amide bonds. The molecule has 0 unspecified atom stereocenters. The maximum absolute atomic E-state index is 7.70. The molecule has 2 heteroatoms. The Hall–Kier alpha value is -1.31. The lowest BCUT2D eigenvalue weighted by atomic mass is 10.2. The molecule has 13 heavy (non-hydrogen) atoms. The van der Waals surface area contributed by atoms with Crippen LogP contribution in [0.25, 0.3) is 0 Å². The first kappa shape index (κ1) is 9.78. The highest BCUT2D eigenvalue weighted by atomic mass is 15.1. The van der Waals surface area contributed by atoms with E-state index in [0.717, 1.165) is 12.1 Å². The van der Waals surface area contributed by atoms with Crippen molar-refractivity contribution in [1.29, 1.82) is 5.41 Å². The molecule has 0 heterocycles. The van der Waals surface area contributed by atoms with E-state index in [1.807, 2.05) is 37.1 Å². The van der Waals surface area contributed by atoms with Gasteiger partial charge in [0.15, 0.2) is 0 Å². The maximum atomic E-state index is 7.70. The molecule has 1 aromatic rings. The van der Waals surface area contributed by atoms with Crippen LogP contribution in [-0.4, -0.2) is 12.9 Å². The van der Waals surface area contributed by atoms with Crippen LogP contribution in [-0.2, 0) is 0 Å². The fraction of sp³-hybridized carbons (Fsp3) is 0.364. The van der Waals surface area contributed by atoms with Gasteiger partial charge in [0.1, 0.15) is 0 Å². The van der Waals surface area contributed by atoms with Crippen LogP contribution in [0.4, 0.5) is 5.69 Å². The summed E-state index contributed by atoms with van der Waals surface area (Å²) in [5, 5.41) is 7.70. The zero-order valence-corrected chi connectivity index (χ0v) is 8.46. The number of nitrogens with one attached hydrogen (secondary N) is 1. The molecule has 0 saturated carbocycles. The second kappa shape index (κ2) is 4.08. The Morgan fingerprint density at radius 2 is 2.00 bits per heavy atom. The number of amidine groups is 1. The predicted molar refractivity (Wildman–Crippen MR) is 57.6 cm³/mol. The zero-order chi connectivity index (χ0) is 9.84. The second-order valence-electron chi connectivity index (χ2n) is 3.15. The minimum Gasteiger partial charge on any atom is -0.333 e. The smallest absolute Gasteiger partial charge is 0.0997 e. The summed E-state index contributed by atoms with van der Waals surface area (Å²) in [6, 6.07) is 8.12. The molecule has 70 valence electrons. The van der Waals surface area contributed by atoms with Gasteiger partial charge < -0.3 is 4.90 Å². The van der Waals surface area contributed by atoms with Crippen molar-refractivity contribution in [3.05, 3.63) is 29.8 Å². The zero-order valence-electron chi connectivity index (χ0n) is 8.46. The number of benzene rings is 1. The number of nitrogens with zero attached hydrogens (tertiary/aromatic N) is 1. The highest BCUT2D eigenvalue weighted by Gasteiger charge is 2.06. The van der Waals surface area contributed by atoms with E-state index in [0.29, 0.717) is 5.84 Å². The highest BCUT2D eigenvalue weighted by Crippen LogP contribution is 2.18. The molecule has 0 atom stereocenters. The van der Waals surface area contributed by atoms with Crippen LogP contribution in [0.3, 0.4) is 0 Å². The largest absolute Gasteiger partial charge is 0.333 e. The Morgan fingerprint density at radius 3 is 2.54 bits per heavy atom. The molecule has 1 aromatic carbocycles. The monoisotopic (exact) mass is 176 g/mol. The van der Waals surface area contributed by atoms with E-state index in [-0.39, 0.29) is 0 Å². The molecular weight excluding hydrogens is 160 g/mol. The van der Waals surface area contributed by atoms with E-state index < -0.39 is 0 Å². The average molecular weight is 176 g/mol. The van der Waals surface area contributed by atoms with Crippen LogP contribution >= 0.6 is 0 Å². The van der Waals surface area contributed by atoms with Gasteiger partial charge in [-0.2, -0.15) is 0 Å². The van der Waals surface area contributed by atoms with Gasteiger partial charge in [-0.05, 0) is 18.6 Å². The van der Waals surface area contributed by atoms with Crippen molar-refractivity contribution in [1.82, 2.24) is 0 Å². The van der Waals surface area contributed by atoms with E-state index in [4.69, 9.17) is 5.41 Å². The lowest BCUT2D eigenvalue weighted by Crippen LogP contribution is -2.25. The SMILES string of the molecule is CCC(=N)N(C)c1ccccc1C. The van der Waals surface area contributed by atoms with Crippen molar-refractivity contribution in [2.75, 3.05) is 11.9 Å². The van der Waals surface area contributed by atoms with Crippen molar-refractivity contribution in [2.45, 2.75) is 20.3 Å². The van der Waals surface area contributed by atoms with Gasteiger partial charge in [0.2, 0.25) is 0 Å². The summed E-state index contributed by atoms with van der Waals surface area (Å²) in [4.78, 5) is 1.93. The summed E-state index contributed by atoms with van der Waals surface area (Å²) in [5.41, 5.74) is 2.33. The van der Waals surface area contributed by atoms with Gasteiger partial charge >= 0.3 is 0 Å². The summed E-state index contributed by atoms with van der Waals surface area (Å²) in [6.07, 6.45) is 0.769. The Labute approximate surface area is 79.7 Å². The fourth-order valence-electron chi connectivity index (χ4n) is 1.32. The number of anilines is 1. The first-order valence-corrected chi connectivity index (χ1v) is 4.53. The van der Waals surface area contributed by atoms with Gasteiger partial charge in [-0.25, -0.2) is 0 Å². The van der Waals surface area contributed by atoms with Gasteiger partial charge in [-0.3, -0.25) is 5.41 Å². The molecule has 0 radical (unpaired) electrons. The quantitative estimate of drug-likeness (QED) is 0.544. The molecule has 0 fully saturated rings. The van der Waals surface area contributed by atoms with Crippen molar-refractivity contribution < 1.29 is 0 Å². The lowest BCUT2D eigenvalue weighted by molar-refractivity contribution is 1.11. The molecule has 0 saturated heterocycles. The Morgan fingerprint density at radius 1 is 1.38 bits per heavy atom. The molecule has 1 N–H and O–H groups in total. The molecule has 0 aliphatic carbocycles. The summed E-state index contributed by atoms with van der Waals surface area (Å²) in [6.45, 7) is 4.06. The van der Waals surface area contributed by atoms with Crippen molar-refractivity contribution in [3.8, 4) is 0 Å². The van der Waals surface area contributed by atoms with Crippen LogP contribution in [0.15, 0.2) is 24.3 Å². The standard InChI is InChI=1S/C11H16N2/c1-4-11(12)13(3)10-8-6-5-7-9(10)2/h5-8,12H,4H2,1-3H3. The van der Waals surface area contributed by atoms with Crippen LogP contribution < -0.4 is 4.90 Å². The highest BCUT2D eigenvalue weighted by molar-refractivity contribution is 5.95. The molecular formula is C11H16N2. The van der Waals surface area contributed by atoms with Gasteiger partial charge in [0.25, 0.3) is 0 Å². The minimum absolute atomic E-state index is 0.648. The molecule has 0 spiro atoms. The van der Waals surface area contributed by atoms with Crippen LogP contribution in [0, 0.1) is 12.3 Å². The lowest BCUT2D eigenvalue weighted by Gasteiger charge is -2.20. The van der Waals surface area contributed by atoms with E-state index in [1.54, 1.807) is 0 Å². The van der Waals surface area contributed by atoms with Gasteiger partial charge in [0, 0.05) is 19.2 Å². The summed E-state index contributed by atoms with van der Waals surface area (Å²) in [5.74, 6) is 0.648. The average Bonchev–Trinajstić information content (AvgIpc) is 2.16. The summed E-state index contributed by atoms with van der Waals surface area (Å²) < 4.78 is 0. The van der Waals surface area contributed by atoms with Gasteiger partial charge in [-0.15, -0.1) is 0 Å². The molecule has 0 bridgehead atoms. The van der Waals surface area contributed by atoms with E-state index >= 15 is 0 Å². The predicted octanol–water partition coefficient (Wildman–Crippen LogP) is 2.82. The maximum Gasteiger partial charge on any atom is 0.0997 e. The number of hydrogen-bond donors (Lipinski definition) is 1.